The van der Waals surface area contributed by atoms with Crippen molar-refractivity contribution in [1.29, 1.82) is 0 Å². The number of halogens is 3. The van der Waals surface area contributed by atoms with Gasteiger partial charge < -0.3 is 5.21 Å². The number of hydrogen-bond donors (Lipinski definition) is 0. The molecule has 0 amide bonds. The topological polar surface area (TPSA) is 99.8 Å². The summed E-state index contributed by atoms with van der Waals surface area (Å²) in [5.74, 6) is 0.979. The monoisotopic (exact) mass is 813 g/mol. The first kappa shape index (κ1) is 42.6. The zero-order chi connectivity index (χ0) is 39.8. The first-order valence-electron chi connectivity index (χ1n) is 17.2. The molecule has 4 aromatic carbocycles. The lowest BCUT2D eigenvalue weighted by atomic mass is 10.2. The minimum Gasteiger partial charge on any atom is -0.618 e. The van der Waals surface area contributed by atoms with Gasteiger partial charge in [0.2, 0.25) is 5.52 Å². The van der Waals surface area contributed by atoms with E-state index in [1.807, 2.05) is 136 Å². The lowest BCUT2D eigenvalue weighted by Gasteiger charge is -2.02. The van der Waals surface area contributed by atoms with E-state index >= 15 is 0 Å². The Bertz CT molecular complexity index is 2580. The highest BCUT2D eigenvalue weighted by molar-refractivity contribution is 8.13. The molecule has 0 saturated carbocycles. The predicted octanol–water partition coefficient (Wildman–Crippen LogP) is 11.6. The van der Waals surface area contributed by atoms with Gasteiger partial charge in [0.05, 0.1) is 39.1 Å². The molecule has 0 bridgehead atoms. The summed E-state index contributed by atoms with van der Waals surface area (Å²) < 4.78 is 22.4. The van der Waals surface area contributed by atoms with E-state index in [1.54, 1.807) is 19.1 Å². The van der Waals surface area contributed by atoms with Gasteiger partial charge in [0.1, 0.15) is 0 Å². The maximum atomic E-state index is 11.4. The Balaban J connectivity index is 0.000000188. The van der Waals surface area contributed by atoms with Crippen molar-refractivity contribution in [2.45, 2.75) is 44.4 Å². The van der Waals surface area contributed by atoms with Crippen molar-refractivity contribution in [2.75, 3.05) is 0 Å². The van der Waals surface area contributed by atoms with Crippen LogP contribution in [-0.2, 0) is 20.8 Å². The quantitative estimate of drug-likeness (QED) is 0.0762. The average Bonchev–Trinajstić information content (AvgIpc) is 3.20. The second-order valence-electron chi connectivity index (χ2n) is 12.3. The minimum atomic E-state index is -3.55. The van der Waals surface area contributed by atoms with Crippen molar-refractivity contribution in [1.82, 2.24) is 15.0 Å². The van der Waals surface area contributed by atoms with Gasteiger partial charge in [-0.25, -0.2) is 8.42 Å². The Hall–Kier alpha value is -5.12. The molecule has 4 aromatic heterocycles. The molecule has 0 radical (unpaired) electrons. The summed E-state index contributed by atoms with van der Waals surface area (Å²) in [6, 6.07) is 47.8. The van der Waals surface area contributed by atoms with E-state index in [4.69, 9.17) is 33.9 Å². The zero-order valence-corrected chi connectivity index (χ0v) is 34.0. The van der Waals surface area contributed by atoms with Crippen LogP contribution in [0.3, 0.4) is 0 Å². The van der Waals surface area contributed by atoms with Crippen LogP contribution < -0.4 is 4.73 Å². The van der Waals surface area contributed by atoms with E-state index in [0.29, 0.717) is 11.8 Å². The number of para-hydroxylation sites is 3. The number of alkyl halides is 2. The molecule has 0 N–H and O–H groups in total. The van der Waals surface area contributed by atoms with Crippen molar-refractivity contribution >= 4 is 75.6 Å². The van der Waals surface area contributed by atoms with Crippen LogP contribution in [0.1, 0.15) is 35.5 Å². The molecule has 11 heteroatoms. The second-order valence-corrected chi connectivity index (χ2v) is 15.4. The molecule has 0 aliphatic carbocycles. The Labute approximate surface area is 338 Å². The first-order chi connectivity index (χ1) is 26.4. The van der Waals surface area contributed by atoms with Crippen molar-refractivity contribution in [3.63, 3.8) is 0 Å². The van der Waals surface area contributed by atoms with Crippen LogP contribution in [0.5, 0.6) is 0 Å². The summed E-state index contributed by atoms with van der Waals surface area (Å²) in [5.41, 5.74) is 8.52. The Kier molecular flexibility index (Phi) is 16.3. The molecule has 4 heterocycles. The summed E-state index contributed by atoms with van der Waals surface area (Å²) in [4.78, 5) is 13.0. The standard InChI is InChI=1S/C10H8ClN.C10H9NO.C10H9N.C7H8ClN.C7H7ClO2S.H2/c11-7-9-6-5-8-3-1-2-4-10(8)12-9;1-8-6-7-9-4-2-3-5-10(9)11(8)12;1-8-6-7-9-4-2-3-5-10(9)11-8;1-6-3-2-4-7(5-8)9-6;1-6-2-4-7(5-3-6)11(8,9)10;/h1-6H,7H2;2-7H,1H3;2-7H,1H3;2-4H,5H2,1H3;2-5H,1H3;1H/i;;;;;1+1. The van der Waals surface area contributed by atoms with Crippen molar-refractivity contribution in [3.8, 4) is 0 Å². The maximum absolute atomic E-state index is 11.4. The van der Waals surface area contributed by atoms with Gasteiger partial charge in [-0.15, -0.1) is 23.2 Å². The summed E-state index contributed by atoms with van der Waals surface area (Å²) in [6.07, 6.45) is 0. The number of aryl methyl sites for hydroxylation is 4. The Morgan fingerprint density at radius 1 is 0.545 bits per heavy atom. The van der Waals surface area contributed by atoms with Gasteiger partial charge in [-0.1, -0.05) is 84.4 Å². The predicted molar refractivity (Wildman–Crippen MR) is 230 cm³/mol. The zero-order valence-electron chi connectivity index (χ0n) is 30.9. The molecular formula is C44H43Cl3N4O3S. The van der Waals surface area contributed by atoms with E-state index in [2.05, 4.69) is 27.1 Å². The number of benzene rings is 4. The van der Waals surface area contributed by atoms with Gasteiger partial charge in [0, 0.05) is 58.7 Å². The van der Waals surface area contributed by atoms with Crippen LogP contribution in [0.15, 0.2) is 157 Å². The fourth-order valence-electron chi connectivity index (χ4n) is 5.01. The van der Waals surface area contributed by atoms with Crippen molar-refractivity contribution < 1.29 is 14.6 Å². The lowest BCUT2D eigenvalue weighted by molar-refractivity contribution is -0.584. The summed E-state index contributed by atoms with van der Waals surface area (Å²) in [6.45, 7) is 7.65. The van der Waals surface area contributed by atoms with E-state index < -0.39 is 9.05 Å². The Morgan fingerprint density at radius 2 is 1.05 bits per heavy atom. The van der Waals surface area contributed by atoms with E-state index in [-0.39, 0.29) is 6.32 Å². The molecule has 8 aromatic rings. The molecule has 0 aliphatic heterocycles. The highest BCUT2D eigenvalue weighted by Crippen LogP contribution is 2.15. The van der Waals surface area contributed by atoms with Gasteiger partial charge in [-0.05, 0) is 81.4 Å². The van der Waals surface area contributed by atoms with E-state index in [9.17, 15) is 13.6 Å². The number of hydrogen-bond acceptors (Lipinski definition) is 6. The maximum Gasteiger partial charge on any atom is 0.261 e. The highest BCUT2D eigenvalue weighted by atomic mass is 35.7. The highest BCUT2D eigenvalue weighted by Gasteiger charge is 2.07. The molecule has 8 rings (SSSR count). The first-order valence-corrected chi connectivity index (χ1v) is 20.6. The molecule has 0 atom stereocenters. The molecule has 0 aliphatic rings. The van der Waals surface area contributed by atoms with Gasteiger partial charge in [0.15, 0.2) is 5.69 Å². The fraction of sp³-hybridized carbons (Fsp3) is 0.136. The average molecular weight is 815 g/mol. The van der Waals surface area contributed by atoms with Gasteiger partial charge in [-0.3, -0.25) is 15.0 Å². The van der Waals surface area contributed by atoms with E-state index in [1.165, 1.54) is 17.5 Å². The smallest absolute Gasteiger partial charge is 0.261 e. The van der Waals surface area contributed by atoms with Gasteiger partial charge in [0.25, 0.3) is 9.05 Å². The van der Waals surface area contributed by atoms with E-state index in [0.717, 1.165) is 66.1 Å². The van der Waals surface area contributed by atoms with Gasteiger partial charge >= 0.3 is 0 Å². The number of aromatic nitrogens is 4. The summed E-state index contributed by atoms with van der Waals surface area (Å²) >= 11 is 11.2. The SMILES string of the molecule is Cc1ccc(S(=O)(=O)Cl)cc1.Cc1ccc2ccccc2[n+]1[O-].Cc1ccc2ccccc2n1.Cc1cccc(CCl)n1.ClCc1ccc2ccccc2n1.[2HH]. The third kappa shape index (κ3) is 13.6. The fourth-order valence-corrected chi connectivity index (χ4v) is 6.07. The molecule has 0 saturated heterocycles. The second kappa shape index (κ2) is 21.1. The molecule has 284 valence electrons. The van der Waals surface area contributed by atoms with Crippen LogP contribution in [-0.4, -0.2) is 23.4 Å². The van der Waals surface area contributed by atoms with Crippen LogP contribution >= 0.6 is 33.9 Å². The number of rotatable bonds is 3. The third-order valence-electron chi connectivity index (χ3n) is 7.90. The molecule has 7 nitrogen and oxygen atoms in total. The molecular weight excluding hydrogens is 771 g/mol. The Morgan fingerprint density at radius 3 is 1.64 bits per heavy atom. The summed E-state index contributed by atoms with van der Waals surface area (Å²) in [7, 11) is 1.54. The number of nitrogens with zero attached hydrogens (tertiary/aromatic N) is 4. The lowest BCUT2D eigenvalue weighted by Crippen LogP contribution is -2.30. The van der Waals surface area contributed by atoms with Crippen LogP contribution in [0.2, 0.25) is 0 Å². The third-order valence-corrected chi connectivity index (χ3v) is 9.81. The molecule has 0 unspecified atom stereocenters. The minimum absolute atomic E-state index is 0. The number of pyridine rings is 4. The summed E-state index contributed by atoms with van der Waals surface area (Å²) in [5, 5.41) is 14.8. The molecule has 55 heavy (non-hydrogen) atoms. The molecule has 0 fully saturated rings. The molecule has 0 spiro atoms. The van der Waals surface area contributed by atoms with Crippen molar-refractivity contribution in [2.24, 2.45) is 0 Å². The van der Waals surface area contributed by atoms with Crippen LogP contribution in [0.4, 0.5) is 0 Å². The van der Waals surface area contributed by atoms with Crippen LogP contribution in [0, 0.1) is 32.9 Å². The van der Waals surface area contributed by atoms with Crippen LogP contribution in [0.25, 0.3) is 32.7 Å². The van der Waals surface area contributed by atoms with Crippen molar-refractivity contribution in [3.05, 3.63) is 191 Å². The normalized spacial score (nSPS) is 10.5. The number of fused-ring (bicyclic) bond motifs is 3. The van der Waals surface area contributed by atoms with Gasteiger partial charge in [-0.2, -0.15) is 4.73 Å². The largest absolute Gasteiger partial charge is 0.618 e.